The molecule has 1 saturated carbocycles. The number of aromatic carboxylic acids is 1. The van der Waals surface area contributed by atoms with Crippen LogP contribution in [0.25, 0.3) is 0 Å². The molecule has 0 bridgehead atoms. The molecule has 0 atom stereocenters. The van der Waals surface area contributed by atoms with Gasteiger partial charge in [-0.1, -0.05) is 6.07 Å². The Morgan fingerprint density at radius 3 is 2.39 bits per heavy atom. The van der Waals surface area contributed by atoms with Crippen LogP contribution in [0.5, 0.6) is 11.5 Å². The molecule has 1 N–H and O–H groups in total. The maximum atomic E-state index is 13.4. The molecular weight excluding hydrogens is 396 g/mol. The zero-order valence-electron chi connectivity index (χ0n) is 17.0. The summed E-state index contributed by atoms with van der Waals surface area (Å²) in [5.74, 6) is 0.309. The van der Waals surface area contributed by atoms with Gasteiger partial charge in [0.25, 0.3) is 5.91 Å². The van der Waals surface area contributed by atoms with Crippen LogP contribution in [0.4, 0.5) is 11.4 Å². The number of carbonyl (C=O) groups is 2. The highest BCUT2D eigenvalue weighted by Crippen LogP contribution is 2.37. The molecule has 1 fully saturated rings. The van der Waals surface area contributed by atoms with E-state index >= 15 is 0 Å². The van der Waals surface area contributed by atoms with Crippen LogP contribution in [0.3, 0.4) is 0 Å². The number of hydrogen-bond acceptors (Lipinski definition) is 5. The lowest BCUT2D eigenvalue weighted by atomic mass is 10.1. The van der Waals surface area contributed by atoms with Gasteiger partial charge in [-0.05, 0) is 67.3 Å². The van der Waals surface area contributed by atoms with Gasteiger partial charge in [-0.2, -0.15) is 0 Å². The molecule has 1 amide bonds. The monoisotopic (exact) mass is 418 g/mol. The van der Waals surface area contributed by atoms with Crippen molar-refractivity contribution in [1.29, 1.82) is 0 Å². The number of pyridine rings is 1. The number of anilines is 2. The Balaban J connectivity index is 1.75. The summed E-state index contributed by atoms with van der Waals surface area (Å²) in [4.78, 5) is 30.3. The van der Waals surface area contributed by atoms with E-state index in [1.54, 1.807) is 61.8 Å². The fourth-order valence-electron chi connectivity index (χ4n) is 3.15. The minimum Gasteiger partial charge on any atom is -0.493 e. The summed E-state index contributed by atoms with van der Waals surface area (Å²) in [7, 11) is 1.57. The Morgan fingerprint density at radius 2 is 1.77 bits per heavy atom. The third-order valence-corrected chi connectivity index (χ3v) is 5.04. The van der Waals surface area contributed by atoms with Crippen molar-refractivity contribution in [2.24, 2.45) is 5.92 Å². The largest absolute Gasteiger partial charge is 0.493 e. The highest BCUT2D eigenvalue weighted by molar-refractivity contribution is 6.10. The number of carboxylic acid groups (broad SMARTS) is 1. The quantitative estimate of drug-likeness (QED) is 0.577. The third-order valence-electron chi connectivity index (χ3n) is 5.04. The van der Waals surface area contributed by atoms with E-state index in [1.807, 2.05) is 0 Å². The number of nitrogens with zero attached hydrogens (tertiary/aromatic N) is 2. The molecule has 1 heterocycles. The molecule has 0 saturated heterocycles. The Hall–Kier alpha value is -3.87. The van der Waals surface area contributed by atoms with Crippen molar-refractivity contribution >= 4 is 23.3 Å². The van der Waals surface area contributed by atoms with Crippen molar-refractivity contribution in [2.75, 3.05) is 18.6 Å². The Labute approximate surface area is 179 Å². The van der Waals surface area contributed by atoms with Gasteiger partial charge >= 0.3 is 5.97 Å². The smallest absolute Gasteiger partial charge is 0.335 e. The summed E-state index contributed by atoms with van der Waals surface area (Å²) < 4.78 is 11.4. The molecule has 1 aromatic heterocycles. The Morgan fingerprint density at radius 1 is 1.03 bits per heavy atom. The van der Waals surface area contributed by atoms with Crippen molar-refractivity contribution in [3.63, 3.8) is 0 Å². The summed E-state index contributed by atoms with van der Waals surface area (Å²) in [6, 6.07) is 16.5. The summed E-state index contributed by atoms with van der Waals surface area (Å²) in [6.45, 7) is 0.599. The second-order valence-corrected chi connectivity index (χ2v) is 7.30. The number of rotatable bonds is 8. The van der Waals surface area contributed by atoms with Crippen LogP contribution in [0.2, 0.25) is 0 Å². The summed E-state index contributed by atoms with van der Waals surface area (Å²) in [5, 5.41) is 9.20. The van der Waals surface area contributed by atoms with Crippen LogP contribution >= 0.6 is 0 Å². The van der Waals surface area contributed by atoms with Gasteiger partial charge in [-0.25, -0.2) is 4.79 Å². The second-order valence-electron chi connectivity index (χ2n) is 7.30. The lowest BCUT2D eigenvalue weighted by Crippen LogP contribution is -2.27. The van der Waals surface area contributed by atoms with Crippen LogP contribution in [0.15, 0.2) is 66.9 Å². The molecule has 0 spiro atoms. The van der Waals surface area contributed by atoms with Gasteiger partial charge in [-0.15, -0.1) is 0 Å². The molecule has 158 valence electrons. The molecule has 7 heteroatoms. The minimum absolute atomic E-state index is 0.136. The molecule has 3 aromatic rings. The van der Waals surface area contributed by atoms with E-state index in [0.29, 0.717) is 35.4 Å². The number of carboxylic acids is 1. The SMILES string of the molecule is COc1ccc(N(C(=O)c2ccccn2)c2ccc(C(=O)O)cc2)cc1OCC1CC1. The minimum atomic E-state index is -1.03. The highest BCUT2D eigenvalue weighted by atomic mass is 16.5. The molecular formula is C24H22N2O5. The number of amides is 1. The zero-order chi connectivity index (χ0) is 21.8. The molecule has 0 radical (unpaired) electrons. The second kappa shape index (κ2) is 8.87. The molecule has 2 aromatic carbocycles. The molecule has 31 heavy (non-hydrogen) atoms. The molecule has 4 rings (SSSR count). The third kappa shape index (κ3) is 4.66. The van der Waals surface area contributed by atoms with Gasteiger partial charge < -0.3 is 14.6 Å². The van der Waals surface area contributed by atoms with Gasteiger partial charge in [0.05, 0.1) is 25.0 Å². The maximum absolute atomic E-state index is 13.4. The zero-order valence-corrected chi connectivity index (χ0v) is 17.0. The lowest BCUT2D eigenvalue weighted by molar-refractivity contribution is 0.0696. The molecule has 0 unspecified atom stereocenters. The normalized spacial score (nSPS) is 12.8. The van der Waals surface area contributed by atoms with E-state index in [2.05, 4.69) is 4.98 Å². The Bertz CT molecular complexity index is 1080. The number of benzene rings is 2. The highest BCUT2D eigenvalue weighted by Gasteiger charge is 2.25. The van der Waals surface area contributed by atoms with E-state index in [-0.39, 0.29) is 17.2 Å². The van der Waals surface area contributed by atoms with E-state index in [9.17, 15) is 14.7 Å². The van der Waals surface area contributed by atoms with E-state index in [0.717, 1.165) is 12.8 Å². The average molecular weight is 418 g/mol. The fraction of sp³-hybridized carbons (Fsp3) is 0.208. The van der Waals surface area contributed by atoms with Crippen LogP contribution in [0, 0.1) is 5.92 Å². The first kappa shape index (κ1) is 20.4. The predicted octanol–water partition coefficient (Wildman–Crippen LogP) is 4.56. The summed E-state index contributed by atoms with van der Waals surface area (Å²) >= 11 is 0. The Kier molecular flexibility index (Phi) is 5.84. The van der Waals surface area contributed by atoms with E-state index in [1.165, 1.54) is 17.0 Å². The predicted molar refractivity (Wildman–Crippen MR) is 115 cm³/mol. The van der Waals surface area contributed by atoms with Crippen molar-refractivity contribution in [3.05, 3.63) is 78.1 Å². The van der Waals surface area contributed by atoms with Gasteiger partial charge in [0, 0.05) is 18.0 Å². The van der Waals surface area contributed by atoms with Gasteiger partial charge in [0.2, 0.25) is 0 Å². The molecule has 1 aliphatic rings. The number of ether oxygens (including phenoxy) is 2. The summed E-state index contributed by atoms with van der Waals surface area (Å²) in [5.41, 5.74) is 1.47. The van der Waals surface area contributed by atoms with Crippen LogP contribution in [0.1, 0.15) is 33.7 Å². The number of methoxy groups -OCH3 is 1. The van der Waals surface area contributed by atoms with Crippen molar-refractivity contribution in [1.82, 2.24) is 4.98 Å². The molecule has 7 nitrogen and oxygen atoms in total. The molecule has 1 aliphatic carbocycles. The first-order valence-electron chi connectivity index (χ1n) is 9.96. The lowest BCUT2D eigenvalue weighted by Gasteiger charge is -2.24. The number of aromatic nitrogens is 1. The van der Waals surface area contributed by atoms with Crippen LogP contribution in [-0.4, -0.2) is 35.7 Å². The van der Waals surface area contributed by atoms with Crippen molar-refractivity contribution < 1.29 is 24.2 Å². The van der Waals surface area contributed by atoms with Gasteiger partial charge in [0.1, 0.15) is 5.69 Å². The van der Waals surface area contributed by atoms with Crippen molar-refractivity contribution in [3.8, 4) is 11.5 Å². The first-order chi connectivity index (χ1) is 15.1. The fourth-order valence-corrected chi connectivity index (χ4v) is 3.15. The number of carbonyl (C=O) groups excluding carboxylic acids is 1. The topological polar surface area (TPSA) is 89.0 Å². The number of hydrogen-bond donors (Lipinski definition) is 1. The van der Waals surface area contributed by atoms with Crippen LogP contribution in [-0.2, 0) is 0 Å². The summed E-state index contributed by atoms with van der Waals surface area (Å²) in [6.07, 6.45) is 3.86. The first-order valence-corrected chi connectivity index (χ1v) is 9.96. The average Bonchev–Trinajstić information content (AvgIpc) is 3.63. The van der Waals surface area contributed by atoms with Crippen molar-refractivity contribution in [2.45, 2.75) is 12.8 Å². The van der Waals surface area contributed by atoms with E-state index in [4.69, 9.17) is 9.47 Å². The van der Waals surface area contributed by atoms with Gasteiger partial charge in [-0.3, -0.25) is 14.7 Å². The van der Waals surface area contributed by atoms with E-state index < -0.39 is 5.97 Å². The standard InChI is InChI=1S/C24H22N2O5/c1-30-21-12-11-19(14-22(21)31-15-16-5-6-16)26(23(27)20-4-2-3-13-25-20)18-9-7-17(8-10-18)24(28)29/h2-4,7-14,16H,5-6,15H2,1H3,(H,28,29). The van der Waals surface area contributed by atoms with Crippen LogP contribution < -0.4 is 14.4 Å². The van der Waals surface area contributed by atoms with Gasteiger partial charge in [0.15, 0.2) is 11.5 Å². The molecule has 0 aliphatic heterocycles. The maximum Gasteiger partial charge on any atom is 0.335 e.